The molecule has 1 aromatic heterocycles. The number of hydroxylamine groups is 3. The Labute approximate surface area is 242 Å². The molecule has 11 nitrogen and oxygen atoms in total. The van der Waals surface area contributed by atoms with Gasteiger partial charge in [0, 0.05) is 25.2 Å². The molecule has 2 aliphatic heterocycles. The van der Waals surface area contributed by atoms with Crippen LogP contribution in [-0.4, -0.2) is 88.0 Å². The maximum Gasteiger partial charge on any atom is 0.261 e. The average molecular weight is 621 g/mol. The van der Waals surface area contributed by atoms with Crippen molar-refractivity contribution in [2.24, 2.45) is 0 Å². The number of nitrogens with one attached hydrogen (secondary N) is 2. The van der Waals surface area contributed by atoms with Crippen molar-refractivity contribution in [1.82, 2.24) is 14.9 Å². The smallest absolute Gasteiger partial charge is 0.261 e. The van der Waals surface area contributed by atoms with Crippen LogP contribution >= 0.6 is 35.3 Å². The molecule has 1 aromatic carbocycles. The lowest BCUT2D eigenvalue weighted by Gasteiger charge is -2.45. The molecule has 214 valence electrons. The molecule has 15 heteroatoms. The summed E-state index contributed by atoms with van der Waals surface area (Å²) in [4.78, 5) is 41.6. The van der Waals surface area contributed by atoms with Crippen LogP contribution in [0, 0.1) is 12.1 Å². The van der Waals surface area contributed by atoms with Crippen LogP contribution in [0.15, 0.2) is 35.2 Å². The number of amides is 3. The first-order valence-electron chi connectivity index (χ1n) is 12.2. The van der Waals surface area contributed by atoms with E-state index in [0.717, 1.165) is 11.3 Å². The highest BCUT2D eigenvalue weighted by atomic mass is 35.5. The third-order valence-electron chi connectivity index (χ3n) is 6.77. The second kappa shape index (κ2) is 12.5. The monoisotopic (exact) mass is 619 g/mol. The first kappa shape index (κ1) is 31.3. The van der Waals surface area contributed by atoms with Crippen molar-refractivity contribution in [3.63, 3.8) is 0 Å². The van der Waals surface area contributed by atoms with Crippen LogP contribution in [0.1, 0.15) is 28.1 Å². The molecule has 2 aliphatic rings. The van der Waals surface area contributed by atoms with Crippen LogP contribution in [0.5, 0.6) is 0 Å². The maximum absolute atomic E-state index is 13.6. The molecule has 0 aliphatic carbocycles. The fraction of sp³-hybridized carbons (Fsp3) is 0.458. The first-order valence-corrected chi connectivity index (χ1v) is 14.9. The Bertz CT molecular complexity index is 1340. The second-order valence-electron chi connectivity index (χ2n) is 9.61. The number of benzene rings is 1. The molecule has 0 radical (unpaired) electrons. The molecule has 1 atom stereocenters. The number of hydrogen-bond acceptors (Lipinski definition) is 7. The van der Waals surface area contributed by atoms with Crippen LogP contribution < -0.4 is 14.9 Å². The highest BCUT2D eigenvalue weighted by Crippen LogP contribution is 2.29. The minimum Gasteiger partial charge on any atom is -0.633 e. The zero-order chi connectivity index (χ0) is 27.7. The molecular weight excluding hydrogens is 589 g/mol. The number of quaternary nitrogens is 1. The van der Waals surface area contributed by atoms with Crippen LogP contribution in [0.3, 0.4) is 0 Å². The van der Waals surface area contributed by atoms with Gasteiger partial charge in [0.1, 0.15) is 6.04 Å². The van der Waals surface area contributed by atoms with Crippen LogP contribution in [0.25, 0.3) is 0 Å². The van der Waals surface area contributed by atoms with Crippen molar-refractivity contribution in [1.29, 1.82) is 0 Å². The minimum atomic E-state index is -4.25. The molecule has 0 unspecified atom stereocenters. The molecule has 3 heterocycles. The molecule has 0 bridgehead atoms. The van der Waals surface area contributed by atoms with Gasteiger partial charge in [-0.25, -0.2) is 8.42 Å². The molecule has 4 rings (SSSR count). The normalized spacial score (nSPS) is 18.0. The molecule has 2 fully saturated rings. The number of nitrogens with zero attached hydrogens (tertiary/aromatic N) is 3. The van der Waals surface area contributed by atoms with Gasteiger partial charge in [0.15, 0.2) is 0 Å². The number of piperazine rings is 1. The van der Waals surface area contributed by atoms with E-state index in [1.165, 1.54) is 24.1 Å². The summed E-state index contributed by atoms with van der Waals surface area (Å²) in [5.74, 6) is -1.11. The average Bonchev–Trinajstić information content (AvgIpc) is 3.49. The molecule has 0 saturated carbocycles. The topological polar surface area (TPSA) is 139 Å². The first-order chi connectivity index (χ1) is 17.9. The number of sulfonamides is 1. The predicted octanol–water partition coefficient (Wildman–Crippen LogP) is 2.12. The Morgan fingerprint density at radius 1 is 1.18 bits per heavy atom. The van der Waals surface area contributed by atoms with E-state index >= 15 is 0 Å². The van der Waals surface area contributed by atoms with E-state index < -0.39 is 32.5 Å². The van der Waals surface area contributed by atoms with E-state index in [1.54, 1.807) is 30.0 Å². The SMILES string of the molecule is Cc1c(N2CCCC2=O)cccc1S(=O)(=O)N[C@@H](CNC(=O)c1ccc(Cl)s1)C(=O)N1CC[N+](C)([O-])CC1.Cl. The van der Waals surface area contributed by atoms with Gasteiger partial charge in [-0.05, 0) is 43.2 Å². The summed E-state index contributed by atoms with van der Waals surface area (Å²) < 4.78 is 29.5. The van der Waals surface area contributed by atoms with Gasteiger partial charge in [0.2, 0.25) is 21.8 Å². The summed E-state index contributed by atoms with van der Waals surface area (Å²) in [7, 11) is -2.72. The van der Waals surface area contributed by atoms with E-state index in [-0.39, 0.29) is 55.9 Å². The Hall–Kier alpha value is -2.26. The summed E-state index contributed by atoms with van der Waals surface area (Å²) in [6.07, 6.45) is 1.09. The van der Waals surface area contributed by atoms with E-state index in [9.17, 15) is 28.0 Å². The number of rotatable bonds is 8. The summed E-state index contributed by atoms with van der Waals surface area (Å²) >= 11 is 6.98. The fourth-order valence-corrected chi connectivity index (χ4v) is 6.98. The Kier molecular flexibility index (Phi) is 10.0. The number of likely N-dealkylation sites (N-methyl/N-ethyl adjacent to an activating group) is 1. The third kappa shape index (κ3) is 7.28. The number of halogens is 2. The molecule has 39 heavy (non-hydrogen) atoms. The van der Waals surface area contributed by atoms with Crippen LogP contribution in [0.2, 0.25) is 4.34 Å². The third-order valence-corrected chi connectivity index (χ3v) is 9.61. The van der Waals surface area contributed by atoms with Crippen LogP contribution in [-0.2, 0) is 19.6 Å². The number of carbonyl (C=O) groups is 3. The van der Waals surface area contributed by atoms with Gasteiger partial charge >= 0.3 is 0 Å². The molecule has 2 aromatic rings. The predicted molar refractivity (Wildman–Crippen MR) is 152 cm³/mol. The van der Waals surface area contributed by atoms with Crippen molar-refractivity contribution < 1.29 is 27.4 Å². The summed E-state index contributed by atoms with van der Waals surface area (Å²) in [6, 6.07) is 6.45. The maximum atomic E-state index is 13.6. The summed E-state index contributed by atoms with van der Waals surface area (Å²) in [6.45, 7) is 2.49. The van der Waals surface area contributed by atoms with E-state index in [1.807, 2.05) is 0 Å². The Balaban J connectivity index is 0.00000420. The number of hydrogen-bond donors (Lipinski definition) is 2. The lowest BCUT2D eigenvalue weighted by molar-refractivity contribution is -0.864. The minimum absolute atomic E-state index is 0. The lowest BCUT2D eigenvalue weighted by atomic mass is 10.2. The number of thiophene rings is 1. The van der Waals surface area contributed by atoms with Crippen molar-refractivity contribution in [3.8, 4) is 0 Å². The molecule has 3 amide bonds. The highest BCUT2D eigenvalue weighted by Gasteiger charge is 2.34. The van der Waals surface area contributed by atoms with Gasteiger partial charge in [0.05, 0.1) is 47.3 Å². The Morgan fingerprint density at radius 2 is 1.87 bits per heavy atom. The van der Waals surface area contributed by atoms with Crippen molar-refractivity contribution in [2.75, 3.05) is 51.2 Å². The second-order valence-corrected chi connectivity index (χ2v) is 13.0. The van der Waals surface area contributed by atoms with Crippen molar-refractivity contribution in [3.05, 3.63) is 50.3 Å². The van der Waals surface area contributed by atoms with Crippen LogP contribution in [0.4, 0.5) is 5.69 Å². The van der Waals surface area contributed by atoms with Gasteiger partial charge in [-0.1, -0.05) is 17.7 Å². The Morgan fingerprint density at radius 3 is 2.46 bits per heavy atom. The fourth-order valence-electron chi connectivity index (χ4n) is 4.57. The number of carbonyl (C=O) groups excluding carboxylic acids is 3. The zero-order valence-corrected chi connectivity index (χ0v) is 24.7. The summed E-state index contributed by atoms with van der Waals surface area (Å²) in [5.41, 5.74) is 0.890. The molecule has 2 saturated heterocycles. The highest BCUT2D eigenvalue weighted by molar-refractivity contribution is 7.89. The molecule has 2 N–H and O–H groups in total. The molecular formula is C24H31Cl2N5O6S2. The van der Waals surface area contributed by atoms with E-state index in [0.29, 0.717) is 39.9 Å². The van der Waals surface area contributed by atoms with Crippen molar-refractivity contribution in [2.45, 2.75) is 30.7 Å². The van der Waals surface area contributed by atoms with Crippen molar-refractivity contribution >= 4 is 68.8 Å². The lowest BCUT2D eigenvalue weighted by Crippen LogP contribution is -2.60. The van der Waals surface area contributed by atoms with E-state index in [4.69, 9.17) is 11.6 Å². The van der Waals surface area contributed by atoms with Gasteiger partial charge < -0.3 is 25.0 Å². The van der Waals surface area contributed by atoms with Gasteiger partial charge in [-0.2, -0.15) is 4.72 Å². The van der Waals surface area contributed by atoms with Gasteiger partial charge in [-0.15, -0.1) is 23.7 Å². The quantitative estimate of drug-likeness (QED) is 0.343. The largest absolute Gasteiger partial charge is 0.633 e. The van der Waals surface area contributed by atoms with E-state index in [2.05, 4.69) is 10.0 Å². The summed E-state index contributed by atoms with van der Waals surface area (Å²) in [5, 5.41) is 14.9. The van der Waals surface area contributed by atoms with Gasteiger partial charge in [0.25, 0.3) is 5.91 Å². The molecule has 0 spiro atoms. The zero-order valence-electron chi connectivity index (χ0n) is 21.5. The standard InChI is InChI=1S/C24H30ClN5O6S2.ClH/c1-16-18(29-10-4-7-22(29)31)5-3-6-20(16)38(35,36)27-17(15-26-23(32)19-8-9-21(25)37-19)24(33)28-11-13-30(2,34)14-12-28;/h3,5-6,8-9,17,27H,4,7,10-15H2,1-2H3,(H,26,32);1H/t17-;/m0./s1. The van der Waals surface area contributed by atoms with Gasteiger partial charge in [-0.3, -0.25) is 14.4 Å². The number of anilines is 1.